The molecule has 1 nitrogen and oxygen atoms in total. The molecular weight excluding hydrogens is 226 g/mol. The van der Waals surface area contributed by atoms with E-state index in [1.54, 1.807) is 11.1 Å². The van der Waals surface area contributed by atoms with E-state index < -0.39 is 0 Å². The predicted octanol–water partition coefficient (Wildman–Crippen LogP) is 3.84. The van der Waals surface area contributed by atoms with Gasteiger partial charge in [0.1, 0.15) is 0 Å². The van der Waals surface area contributed by atoms with E-state index in [0.717, 1.165) is 0 Å². The monoisotopic (exact) mass is 249 g/mol. The minimum absolute atomic E-state index is 0.503. The molecule has 17 heavy (non-hydrogen) atoms. The van der Waals surface area contributed by atoms with E-state index in [9.17, 15) is 0 Å². The van der Waals surface area contributed by atoms with Crippen molar-refractivity contribution in [3.05, 3.63) is 34.4 Å². The molecule has 1 aliphatic heterocycles. The normalized spacial score (nSPS) is 23.9. The quantitative estimate of drug-likeness (QED) is 0.855. The Morgan fingerprint density at radius 1 is 1.24 bits per heavy atom. The van der Waals surface area contributed by atoms with E-state index in [1.165, 1.54) is 16.9 Å². The average molecular weight is 249 g/mol. The molecule has 1 heterocycles. The molecule has 2 heteroatoms. The van der Waals surface area contributed by atoms with Crippen LogP contribution in [0.25, 0.3) is 0 Å². The van der Waals surface area contributed by atoms with Gasteiger partial charge in [0.2, 0.25) is 0 Å². The molecule has 0 saturated carbocycles. The van der Waals surface area contributed by atoms with E-state index in [1.807, 2.05) is 0 Å². The lowest BCUT2D eigenvalue weighted by Gasteiger charge is -2.37. The van der Waals surface area contributed by atoms with Crippen molar-refractivity contribution in [2.45, 2.75) is 44.7 Å². The molecule has 1 aliphatic rings. The third kappa shape index (κ3) is 2.25. The van der Waals surface area contributed by atoms with Crippen molar-refractivity contribution < 1.29 is 0 Å². The summed E-state index contributed by atoms with van der Waals surface area (Å²) in [6.45, 7) is 9.15. The zero-order valence-electron chi connectivity index (χ0n) is 11.5. The third-order valence-corrected chi connectivity index (χ3v) is 5.49. The molecule has 0 aliphatic carbocycles. The zero-order chi connectivity index (χ0) is 12.6. The maximum Gasteiger partial charge on any atom is 0.0446 e. The van der Waals surface area contributed by atoms with Gasteiger partial charge in [-0.25, -0.2) is 0 Å². The molecule has 2 rings (SSSR count). The molecule has 0 amide bonds. The summed E-state index contributed by atoms with van der Waals surface area (Å²) < 4.78 is 0. The smallest absolute Gasteiger partial charge is 0.0446 e. The highest BCUT2D eigenvalue weighted by molar-refractivity contribution is 7.99. The molecule has 0 bridgehead atoms. The highest BCUT2D eigenvalue weighted by Gasteiger charge is 2.32. The molecule has 2 atom stereocenters. The Morgan fingerprint density at radius 3 is 2.47 bits per heavy atom. The number of aryl methyl sites for hydroxylation is 2. The number of rotatable bonds is 2. The molecule has 1 aromatic carbocycles. The zero-order valence-corrected chi connectivity index (χ0v) is 12.3. The predicted molar refractivity (Wildman–Crippen MR) is 77.6 cm³/mol. The lowest BCUT2D eigenvalue weighted by molar-refractivity contribution is 0.464. The summed E-state index contributed by atoms with van der Waals surface area (Å²) >= 11 is 2.11. The Labute approximate surface area is 109 Å². The van der Waals surface area contributed by atoms with Crippen LogP contribution in [0.4, 0.5) is 0 Å². The van der Waals surface area contributed by atoms with Crippen LogP contribution in [0.5, 0.6) is 0 Å². The maximum absolute atomic E-state index is 3.54. The number of hydrogen-bond acceptors (Lipinski definition) is 2. The van der Waals surface area contributed by atoms with Crippen molar-refractivity contribution in [3.8, 4) is 0 Å². The summed E-state index contributed by atoms with van der Waals surface area (Å²) in [5, 5.41) is 4.23. The van der Waals surface area contributed by atoms with Crippen molar-refractivity contribution in [2.24, 2.45) is 5.92 Å². The standard InChI is InChI=1S/C15H23NS/c1-9(2)15-14(16-5)13-11(4)7-6-10(3)12(13)8-17-15/h6-7,9,14-16H,8H2,1-5H3. The highest BCUT2D eigenvalue weighted by Crippen LogP contribution is 2.43. The van der Waals surface area contributed by atoms with Gasteiger partial charge in [0.25, 0.3) is 0 Å². The molecule has 0 saturated heterocycles. The summed E-state index contributed by atoms with van der Waals surface area (Å²) in [5.74, 6) is 1.88. The number of thioether (sulfide) groups is 1. The second kappa shape index (κ2) is 5.03. The minimum atomic E-state index is 0.503. The van der Waals surface area contributed by atoms with Gasteiger partial charge in [-0.3, -0.25) is 0 Å². The fourth-order valence-electron chi connectivity index (χ4n) is 2.84. The Kier molecular flexibility index (Phi) is 3.84. The lowest BCUT2D eigenvalue weighted by Crippen LogP contribution is -2.35. The maximum atomic E-state index is 3.54. The number of nitrogens with one attached hydrogen (secondary N) is 1. The van der Waals surface area contributed by atoms with Gasteiger partial charge in [-0.15, -0.1) is 0 Å². The molecule has 0 aromatic heterocycles. The third-order valence-electron chi connectivity index (χ3n) is 3.84. The van der Waals surface area contributed by atoms with Crippen LogP contribution < -0.4 is 5.32 Å². The summed E-state index contributed by atoms with van der Waals surface area (Å²) in [4.78, 5) is 0. The van der Waals surface area contributed by atoms with Gasteiger partial charge >= 0.3 is 0 Å². The Balaban J connectivity index is 2.50. The van der Waals surface area contributed by atoms with E-state index in [0.29, 0.717) is 17.2 Å². The molecule has 94 valence electrons. The second-order valence-corrected chi connectivity index (χ2v) is 6.54. The molecule has 0 fully saturated rings. The number of hydrogen-bond donors (Lipinski definition) is 1. The van der Waals surface area contributed by atoms with Gasteiger partial charge in [0.15, 0.2) is 0 Å². The van der Waals surface area contributed by atoms with Crippen LogP contribution >= 0.6 is 11.8 Å². The highest BCUT2D eigenvalue weighted by atomic mass is 32.2. The van der Waals surface area contributed by atoms with Crippen LogP contribution in [0.1, 0.15) is 42.1 Å². The number of fused-ring (bicyclic) bond motifs is 1. The van der Waals surface area contributed by atoms with Gasteiger partial charge in [0.05, 0.1) is 0 Å². The summed E-state index contributed by atoms with van der Waals surface area (Å²) in [7, 11) is 2.09. The van der Waals surface area contributed by atoms with Crippen molar-refractivity contribution >= 4 is 11.8 Å². The Hall–Kier alpha value is -0.470. The van der Waals surface area contributed by atoms with E-state index in [4.69, 9.17) is 0 Å². The van der Waals surface area contributed by atoms with Crippen LogP contribution in [0.3, 0.4) is 0 Å². The minimum Gasteiger partial charge on any atom is -0.312 e. The van der Waals surface area contributed by atoms with Gasteiger partial charge in [-0.05, 0) is 49.1 Å². The van der Waals surface area contributed by atoms with E-state index in [2.05, 4.69) is 64.0 Å². The molecule has 0 radical (unpaired) electrons. The van der Waals surface area contributed by atoms with Crippen LogP contribution in [-0.4, -0.2) is 12.3 Å². The van der Waals surface area contributed by atoms with Crippen molar-refractivity contribution in [1.82, 2.24) is 5.32 Å². The largest absolute Gasteiger partial charge is 0.312 e. The van der Waals surface area contributed by atoms with Gasteiger partial charge < -0.3 is 5.32 Å². The summed E-state index contributed by atoms with van der Waals surface area (Å²) in [6.07, 6.45) is 0. The van der Waals surface area contributed by atoms with Crippen molar-refractivity contribution in [1.29, 1.82) is 0 Å². The molecule has 1 N–H and O–H groups in total. The number of benzene rings is 1. The molecular formula is C15H23NS. The first-order valence-corrected chi connectivity index (χ1v) is 7.49. The first-order valence-electron chi connectivity index (χ1n) is 6.44. The van der Waals surface area contributed by atoms with Crippen molar-refractivity contribution in [2.75, 3.05) is 7.05 Å². The fourth-order valence-corrected chi connectivity index (χ4v) is 4.43. The fraction of sp³-hybridized carbons (Fsp3) is 0.600. The summed E-state index contributed by atoms with van der Waals surface area (Å²) in [5.41, 5.74) is 6.01. The van der Waals surface area contributed by atoms with Crippen LogP contribution in [0.15, 0.2) is 12.1 Å². The first kappa shape index (κ1) is 13.0. The van der Waals surface area contributed by atoms with Crippen LogP contribution in [-0.2, 0) is 5.75 Å². The summed E-state index contributed by atoms with van der Waals surface area (Å²) in [6, 6.07) is 5.03. The Morgan fingerprint density at radius 2 is 1.88 bits per heavy atom. The van der Waals surface area contributed by atoms with Gasteiger partial charge in [0, 0.05) is 17.0 Å². The van der Waals surface area contributed by atoms with Crippen LogP contribution in [0, 0.1) is 19.8 Å². The van der Waals surface area contributed by atoms with Gasteiger partial charge in [-0.1, -0.05) is 26.0 Å². The Bertz CT molecular complexity index is 412. The van der Waals surface area contributed by atoms with Crippen molar-refractivity contribution in [3.63, 3.8) is 0 Å². The molecule has 2 unspecified atom stereocenters. The van der Waals surface area contributed by atoms with Gasteiger partial charge in [-0.2, -0.15) is 11.8 Å². The van der Waals surface area contributed by atoms with Crippen LogP contribution in [0.2, 0.25) is 0 Å². The SMILES string of the molecule is CNC1c2c(C)ccc(C)c2CSC1C(C)C. The van der Waals surface area contributed by atoms with E-state index >= 15 is 0 Å². The topological polar surface area (TPSA) is 12.0 Å². The lowest BCUT2D eigenvalue weighted by atomic mass is 9.87. The molecule has 0 spiro atoms. The molecule has 1 aromatic rings. The van der Waals surface area contributed by atoms with E-state index in [-0.39, 0.29) is 0 Å². The average Bonchev–Trinajstić information content (AvgIpc) is 2.32. The first-order chi connectivity index (χ1) is 8.06. The second-order valence-electron chi connectivity index (χ2n) is 5.38.